The van der Waals surface area contributed by atoms with Gasteiger partial charge in [-0.2, -0.15) is 0 Å². The molecule has 0 aliphatic rings. The lowest BCUT2D eigenvalue weighted by Crippen LogP contribution is -2.45. The minimum absolute atomic E-state index is 0.222. The number of unbranched alkanes of at least 4 members (excludes halogenated alkanes) is 1. The summed E-state index contributed by atoms with van der Waals surface area (Å²) in [5.74, 6) is 0. The third-order valence-electron chi connectivity index (χ3n) is 3.30. The summed E-state index contributed by atoms with van der Waals surface area (Å²) in [7, 11) is -2.49. The zero-order valence-electron chi connectivity index (χ0n) is 15.0. The monoisotopic (exact) mass is 350 g/mol. The molecule has 0 aromatic rings. The molecule has 0 bridgehead atoms. The van der Waals surface area contributed by atoms with E-state index in [0.29, 0.717) is 25.1 Å². The van der Waals surface area contributed by atoms with Gasteiger partial charge in [-0.1, -0.05) is 31.5 Å². The Morgan fingerprint density at radius 3 is 1.91 bits per heavy atom. The van der Waals surface area contributed by atoms with Crippen molar-refractivity contribution in [3.63, 3.8) is 0 Å². The van der Waals surface area contributed by atoms with Crippen LogP contribution in [0.25, 0.3) is 0 Å². The molecule has 22 heavy (non-hydrogen) atoms. The molecule has 1 atom stereocenters. The van der Waals surface area contributed by atoms with Gasteiger partial charge in [-0.25, -0.2) is 0 Å². The largest absolute Gasteiger partial charge is 0.500 e. The maximum absolute atomic E-state index is 11.3. The van der Waals surface area contributed by atoms with Crippen LogP contribution < -0.4 is 0 Å². The molecule has 0 saturated carbocycles. The second kappa shape index (κ2) is 13.5. The van der Waals surface area contributed by atoms with E-state index >= 15 is 0 Å². The first-order valence-electron chi connectivity index (χ1n) is 8.62. The van der Waals surface area contributed by atoms with Gasteiger partial charge in [0.25, 0.3) is 0 Å². The molecule has 0 aromatic heterocycles. The molecule has 0 spiro atoms. The lowest BCUT2D eigenvalue weighted by atomic mass is 10.1. The molecular weight excluding hydrogens is 316 g/mol. The molecule has 0 aromatic carbocycles. The van der Waals surface area contributed by atoms with Crippen molar-refractivity contribution in [3.8, 4) is 0 Å². The van der Waals surface area contributed by atoms with Crippen LogP contribution >= 0.6 is 11.8 Å². The van der Waals surface area contributed by atoms with Crippen LogP contribution in [0.3, 0.4) is 0 Å². The van der Waals surface area contributed by atoms with Crippen LogP contribution in [-0.4, -0.2) is 39.0 Å². The highest BCUT2D eigenvalue weighted by atomic mass is 32.2. The molecule has 0 saturated heterocycles. The smallest absolute Gasteiger partial charge is 0.374 e. The summed E-state index contributed by atoms with van der Waals surface area (Å²) >= 11 is 1.49. The molecule has 1 unspecified atom stereocenters. The summed E-state index contributed by atoms with van der Waals surface area (Å²) in [4.78, 5) is 11.3. The first kappa shape index (κ1) is 22.1. The van der Waals surface area contributed by atoms with Crippen LogP contribution in [0.4, 0.5) is 0 Å². The van der Waals surface area contributed by atoms with Gasteiger partial charge in [0.2, 0.25) is 0 Å². The van der Waals surface area contributed by atoms with Gasteiger partial charge in [0.15, 0.2) is 5.12 Å². The molecular formula is C16H34O4SSi. The molecule has 0 N–H and O–H groups in total. The minimum Gasteiger partial charge on any atom is -0.374 e. The first-order valence-corrected chi connectivity index (χ1v) is 11.4. The van der Waals surface area contributed by atoms with Gasteiger partial charge in [-0.15, -0.1) is 0 Å². The topological polar surface area (TPSA) is 44.8 Å². The zero-order chi connectivity index (χ0) is 16.8. The number of hydrogen-bond donors (Lipinski definition) is 0. The van der Waals surface area contributed by atoms with Gasteiger partial charge in [-0.05, 0) is 40.0 Å². The first-order chi connectivity index (χ1) is 10.5. The number of carbonyl (C=O) groups is 1. The van der Waals surface area contributed by atoms with E-state index in [9.17, 15) is 4.79 Å². The third kappa shape index (κ3) is 10.00. The molecule has 0 aliphatic carbocycles. The van der Waals surface area contributed by atoms with E-state index in [1.165, 1.54) is 11.8 Å². The van der Waals surface area contributed by atoms with Crippen molar-refractivity contribution in [2.75, 3.05) is 19.8 Å². The molecule has 4 nitrogen and oxygen atoms in total. The molecule has 6 heteroatoms. The van der Waals surface area contributed by atoms with Crippen LogP contribution in [0.2, 0.25) is 6.04 Å². The number of hydrogen-bond acceptors (Lipinski definition) is 5. The van der Waals surface area contributed by atoms with Gasteiger partial charge in [0, 0.05) is 38.0 Å². The summed E-state index contributed by atoms with van der Waals surface area (Å²) in [6.07, 6.45) is 5.43. The highest BCUT2D eigenvalue weighted by Crippen LogP contribution is 2.25. The van der Waals surface area contributed by atoms with Gasteiger partial charge >= 0.3 is 8.80 Å². The average molecular weight is 351 g/mol. The zero-order valence-corrected chi connectivity index (χ0v) is 16.8. The van der Waals surface area contributed by atoms with Gasteiger partial charge in [0.05, 0.1) is 0 Å². The van der Waals surface area contributed by atoms with Crippen molar-refractivity contribution < 1.29 is 18.1 Å². The molecule has 0 radical (unpaired) electrons. The standard InChI is InChI=1S/C16H34O4SSi/c1-6-12-16(21-15(5)17)13-10-11-14-22(18-7-2,19-8-3)20-9-4/h16H,6-14H2,1-5H3. The lowest BCUT2D eigenvalue weighted by molar-refractivity contribution is -0.109. The fraction of sp³-hybridized carbons (Fsp3) is 0.938. The fourth-order valence-electron chi connectivity index (χ4n) is 2.53. The van der Waals surface area contributed by atoms with E-state index in [0.717, 1.165) is 38.1 Å². The lowest BCUT2D eigenvalue weighted by Gasteiger charge is -2.28. The molecule has 132 valence electrons. The summed E-state index contributed by atoms with van der Waals surface area (Å²) in [5, 5.41) is 0.671. The Morgan fingerprint density at radius 1 is 0.955 bits per heavy atom. The highest BCUT2D eigenvalue weighted by molar-refractivity contribution is 8.14. The average Bonchev–Trinajstić information content (AvgIpc) is 2.44. The summed E-state index contributed by atoms with van der Waals surface area (Å²) in [6.45, 7) is 11.7. The summed E-state index contributed by atoms with van der Waals surface area (Å²) < 4.78 is 17.6. The molecule has 0 rings (SSSR count). The van der Waals surface area contributed by atoms with Gasteiger partial charge in [0.1, 0.15) is 0 Å². The normalized spacial score (nSPS) is 13.3. The Balaban J connectivity index is 4.31. The summed E-state index contributed by atoms with van der Waals surface area (Å²) in [6, 6.07) is 0.867. The van der Waals surface area contributed by atoms with Crippen molar-refractivity contribution in [3.05, 3.63) is 0 Å². The Morgan fingerprint density at radius 2 is 1.50 bits per heavy atom. The van der Waals surface area contributed by atoms with Gasteiger partial charge < -0.3 is 13.3 Å². The SMILES string of the molecule is CCCC(CCCC[Si](OCC)(OCC)OCC)SC(C)=O. The predicted molar refractivity (Wildman–Crippen MR) is 96.3 cm³/mol. The Hall–Kier alpha value is 0.117. The fourth-order valence-corrected chi connectivity index (χ4v) is 6.33. The number of thioether (sulfide) groups is 1. The van der Waals surface area contributed by atoms with Crippen LogP contribution in [0.15, 0.2) is 0 Å². The van der Waals surface area contributed by atoms with E-state index in [1.54, 1.807) is 6.92 Å². The van der Waals surface area contributed by atoms with Gasteiger partial charge in [-0.3, -0.25) is 4.79 Å². The highest BCUT2D eigenvalue weighted by Gasteiger charge is 2.39. The van der Waals surface area contributed by atoms with Crippen molar-refractivity contribution >= 4 is 25.7 Å². The van der Waals surface area contributed by atoms with Crippen LogP contribution in [-0.2, 0) is 18.1 Å². The molecule has 0 amide bonds. The van der Waals surface area contributed by atoms with E-state index in [4.69, 9.17) is 13.3 Å². The predicted octanol–water partition coefficient (Wildman–Crippen LogP) is 4.65. The molecule has 0 fully saturated rings. The van der Waals surface area contributed by atoms with Crippen molar-refractivity contribution in [1.82, 2.24) is 0 Å². The Kier molecular flexibility index (Phi) is 13.6. The van der Waals surface area contributed by atoms with Crippen LogP contribution in [0.5, 0.6) is 0 Å². The quantitative estimate of drug-likeness (QED) is 0.337. The number of rotatable bonds is 14. The molecule has 0 heterocycles. The third-order valence-corrected chi connectivity index (χ3v) is 7.58. The second-order valence-electron chi connectivity index (χ2n) is 5.25. The van der Waals surface area contributed by atoms with Crippen LogP contribution in [0.1, 0.15) is 66.7 Å². The molecule has 0 aliphatic heterocycles. The maximum Gasteiger partial charge on any atom is 0.500 e. The Bertz CT molecular complexity index is 272. The van der Waals surface area contributed by atoms with E-state index in [1.807, 2.05) is 20.8 Å². The Labute approximate surface area is 142 Å². The van der Waals surface area contributed by atoms with E-state index < -0.39 is 8.80 Å². The summed E-state index contributed by atoms with van der Waals surface area (Å²) in [5.41, 5.74) is 0. The second-order valence-corrected chi connectivity index (χ2v) is 9.46. The van der Waals surface area contributed by atoms with Crippen LogP contribution in [0, 0.1) is 0 Å². The van der Waals surface area contributed by atoms with E-state index in [-0.39, 0.29) is 5.12 Å². The minimum atomic E-state index is -2.49. The van der Waals surface area contributed by atoms with Crippen molar-refractivity contribution in [1.29, 1.82) is 0 Å². The van der Waals surface area contributed by atoms with Crippen molar-refractivity contribution in [2.24, 2.45) is 0 Å². The maximum atomic E-state index is 11.3. The number of carbonyl (C=O) groups excluding carboxylic acids is 1. The van der Waals surface area contributed by atoms with Crippen molar-refractivity contribution in [2.45, 2.75) is 78.0 Å². The van der Waals surface area contributed by atoms with E-state index in [2.05, 4.69) is 6.92 Å².